The Kier molecular flexibility index (Phi) is 7.29. The molecule has 1 fully saturated rings. The predicted octanol–water partition coefficient (Wildman–Crippen LogP) is 3.48. The molecule has 0 spiro atoms. The highest BCUT2D eigenvalue weighted by Crippen LogP contribution is 2.35. The van der Waals surface area contributed by atoms with E-state index in [1.54, 1.807) is 20.5 Å². The molecule has 4 rings (SSSR count). The molecule has 0 bridgehead atoms. The zero-order valence-corrected chi connectivity index (χ0v) is 20.5. The minimum atomic E-state index is -0.126. The first-order valence-corrected chi connectivity index (χ1v) is 12.1. The number of amides is 1. The minimum absolute atomic E-state index is 0.126. The van der Waals surface area contributed by atoms with Crippen LogP contribution in [0.25, 0.3) is 10.2 Å². The van der Waals surface area contributed by atoms with Crippen molar-refractivity contribution in [3.8, 4) is 11.5 Å². The van der Waals surface area contributed by atoms with Crippen LogP contribution in [0.1, 0.15) is 34.1 Å². The van der Waals surface area contributed by atoms with Crippen LogP contribution in [-0.2, 0) is 6.54 Å². The topological polar surface area (TPSA) is 79.8 Å². The molecule has 3 aromatic rings. The number of fused-ring (bicyclic) bond motifs is 1. The number of carbonyl (C=O) groups is 1. The van der Waals surface area contributed by atoms with Crippen LogP contribution in [-0.4, -0.2) is 67.7 Å². The number of methoxy groups -OCH3 is 2. The molecule has 0 saturated carbocycles. The van der Waals surface area contributed by atoms with Crippen molar-refractivity contribution in [1.82, 2.24) is 20.2 Å². The third-order valence-corrected chi connectivity index (χ3v) is 7.25. The lowest BCUT2D eigenvalue weighted by Gasteiger charge is -2.35. The average Bonchev–Trinajstić information content (AvgIpc) is 3.19. The molecule has 1 aromatic carbocycles. The summed E-state index contributed by atoms with van der Waals surface area (Å²) in [5, 5.41) is 4.01. The summed E-state index contributed by atoms with van der Waals surface area (Å²) in [5.41, 5.74) is 1.78. The van der Waals surface area contributed by atoms with Crippen molar-refractivity contribution >= 4 is 33.3 Å². The lowest BCUT2D eigenvalue weighted by Crippen LogP contribution is -2.46. The Morgan fingerprint density at radius 2 is 1.94 bits per heavy atom. The third-order valence-electron chi connectivity index (χ3n) is 6.05. The number of nitrogens with zero attached hydrogens (tertiary/aromatic N) is 4. The van der Waals surface area contributed by atoms with E-state index < -0.39 is 0 Å². The lowest BCUT2D eigenvalue weighted by atomic mass is 10.1. The van der Waals surface area contributed by atoms with Gasteiger partial charge in [-0.3, -0.25) is 9.69 Å². The largest absolute Gasteiger partial charge is 0.497 e. The molecule has 33 heavy (non-hydrogen) atoms. The van der Waals surface area contributed by atoms with E-state index in [1.807, 2.05) is 25.1 Å². The number of ether oxygens (including phenoxy) is 2. The molecule has 8 nitrogen and oxygen atoms in total. The Hall–Kier alpha value is -2.91. The van der Waals surface area contributed by atoms with Crippen molar-refractivity contribution in [3.05, 3.63) is 40.5 Å². The van der Waals surface area contributed by atoms with Gasteiger partial charge in [0.1, 0.15) is 28.5 Å². The van der Waals surface area contributed by atoms with Gasteiger partial charge in [-0.05, 0) is 43.7 Å². The molecule has 3 heterocycles. The highest BCUT2D eigenvalue weighted by Gasteiger charge is 2.24. The molecule has 1 saturated heterocycles. The Morgan fingerprint density at radius 1 is 1.15 bits per heavy atom. The number of thiophene rings is 1. The van der Waals surface area contributed by atoms with Crippen LogP contribution in [0.5, 0.6) is 11.5 Å². The number of piperazine rings is 1. The van der Waals surface area contributed by atoms with Gasteiger partial charge < -0.3 is 19.7 Å². The van der Waals surface area contributed by atoms with Gasteiger partial charge in [0.05, 0.1) is 24.5 Å². The van der Waals surface area contributed by atoms with Gasteiger partial charge in [-0.2, -0.15) is 0 Å². The Balaban J connectivity index is 1.54. The standard InChI is InChI=1S/C24H31N5O3S/c1-5-8-28-9-11-29(12-10-28)22-20-16(2)21(33-24(20)27-15-26-22)23(30)25-14-17-13-18(31-3)6-7-19(17)32-4/h6-7,13,15H,5,8-12,14H2,1-4H3,(H,25,30). The van der Waals surface area contributed by atoms with Crippen LogP contribution in [0, 0.1) is 6.92 Å². The number of hydrogen-bond donors (Lipinski definition) is 1. The maximum Gasteiger partial charge on any atom is 0.261 e. The summed E-state index contributed by atoms with van der Waals surface area (Å²) < 4.78 is 10.7. The quantitative estimate of drug-likeness (QED) is 0.541. The van der Waals surface area contributed by atoms with Gasteiger partial charge in [-0.15, -0.1) is 11.3 Å². The van der Waals surface area contributed by atoms with Gasteiger partial charge in [-0.1, -0.05) is 6.92 Å². The molecular formula is C24H31N5O3S. The maximum absolute atomic E-state index is 13.1. The third kappa shape index (κ3) is 4.89. The minimum Gasteiger partial charge on any atom is -0.497 e. The summed E-state index contributed by atoms with van der Waals surface area (Å²) in [5.74, 6) is 2.23. The molecule has 2 aromatic heterocycles. The molecule has 0 aliphatic carbocycles. The van der Waals surface area contributed by atoms with E-state index in [0.29, 0.717) is 17.2 Å². The Labute approximate surface area is 198 Å². The van der Waals surface area contributed by atoms with Crippen molar-refractivity contribution in [3.63, 3.8) is 0 Å². The van der Waals surface area contributed by atoms with E-state index in [-0.39, 0.29) is 5.91 Å². The second kappa shape index (κ2) is 10.4. The fourth-order valence-electron chi connectivity index (χ4n) is 4.28. The first kappa shape index (κ1) is 23.3. The van der Waals surface area contributed by atoms with Gasteiger partial charge in [0.2, 0.25) is 0 Å². The number of benzene rings is 1. The second-order valence-corrected chi connectivity index (χ2v) is 9.12. The number of anilines is 1. The summed E-state index contributed by atoms with van der Waals surface area (Å²) in [6, 6.07) is 5.55. The Morgan fingerprint density at radius 3 is 2.64 bits per heavy atom. The highest BCUT2D eigenvalue weighted by molar-refractivity contribution is 7.20. The van der Waals surface area contributed by atoms with Gasteiger partial charge in [-0.25, -0.2) is 9.97 Å². The van der Waals surface area contributed by atoms with E-state index in [2.05, 4.69) is 32.0 Å². The molecule has 1 amide bonds. The Bertz CT molecular complexity index is 1120. The van der Waals surface area contributed by atoms with E-state index in [9.17, 15) is 4.79 Å². The smallest absolute Gasteiger partial charge is 0.261 e. The zero-order valence-electron chi connectivity index (χ0n) is 19.7. The van der Waals surface area contributed by atoms with E-state index in [0.717, 1.165) is 65.6 Å². The molecule has 1 aliphatic rings. The molecule has 0 unspecified atom stereocenters. The normalized spacial score (nSPS) is 14.5. The van der Waals surface area contributed by atoms with E-state index in [4.69, 9.17) is 9.47 Å². The number of aryl methyl sites for hydroxylation is 1. The first-order valence-electron chi connectivity index (χ1n) is 11.3. The van der Waals surface area contributed by atoms with Crippen molar-refractivity contribution < 1.29 is 14.3 Å². The summed E-state index contributed by atoms with van der Waals surface area (Å²) in [7, 11) is 3.23. The molecule has 176 valence electrons. The van der Waals surface area contributed by atoms with Crippen LogP contribution >= 0.6 is 11.3 Å². The van der Waals surface area contributed by atoms with Crippen molar-refractivity contribution in [2.75, 3.05) is 51.8 Å². The average molecular weight is 470 g/mol. The van der Waals surface area contributed by atoms with Gasteiger partial charge in [0, 0.05) is 38.3 Å². The van der Waals surface area contributed by atoms with Crippen molar-refractivity contribution in [1.29, 1.82) is 0 Å². The second-order valence-electron chi connectivity index (χ2n) is 8.12. The number of rotatable bonds is 8. The van der Waals surface area contributed by atoms with E-state index in [1.165, 1.54) is 17.8 Å². The first-order chi connectivity index (χ1) is 16.0. The number of aromatic nitrogens is 2. The highest BCUT2D eigenvalue weighted by atomic mass is 32.1. The molecule has 1 aliphatic heterocycles. The number of carbonyl (C=O) groups excluding carboxylic acids is 1. The molecular weight excluding hydrogens is 438 g/mol. The predicted molar refractivity (Wildman–Crippen MR) is 132 cm³/mol. The fourth-order valence-corrected chi connectivity index (χ4v) is 5.34. The van der Waals surface area contributed by atoms with Crippen LogP contribution < -0.4 is 19.7 Å². The molecule has 0 atom stereocenters. The SMILES string of the molecule is CCCN1CCN(c2ncnc3sc(C(=O)NCc4cc(OC)ccc4OC)c(C)c23)CC1. The fraction of sp³-hybridized carbons (Fsp3) is 0.458. The van der Waals surface area contributed by atoms with E-state index >= 15 is 0 Å². The van der Waals surface area contributed by atoms with Crippen LogP contribution in [0.15, 0.2) is 24.5 Å². The number of nitrogens with one attached hydrogen (secondary N) is 1. The van der Waals surface area contributed by atoms with Crippen molar-refractivity contribution in [2.45, 2.75) is 26.8 Å². The monoisotopic (exact) mass is 469 g/mol. The summed E-state index contributed by atoms with van der Waals surface area (Å²) in [4.78, 5) is 28.5. The van der Waals surface area contributed by atoms with Crippen LogP contribution in [0.3, 0.4) is 0 Å². The van der Waals surface area contributed by atoms with Crippen LogP contribution in [0.4, 0.5) is 5.82 Å². The summed E-state index contributed by atoms with van der Waals surface area (Å²) in [6.45, 7) is 9.58. The van der Waals surface area contributed by atoms with Crippen LogP contribution in [0.2, 0.25) is 0 Å². The molecule has 0 radical (unpaired) electrons. The van der Waals surface area contributed by atoms with Gasteiger partial charge in [0.15, 0.2) is 0 Å². The van der Waals surface area contributed by atoms with Gasteiger partial charge in [0.25, 0.3) is 5.91 Å². The summed E-state index contributed by atoms with van der Waals surface area (Å²) in [6.07, 6.45) is 2.77. The lowest BCUT2D eigenvalue weighted by molar-refractivity contribution is 0.0954. The maximum atomic E-state index is 13.1. The van der Waals surface area contributed by atoms with Gasteiger partial charge >= 0.3 is 0 Å². The number of hydrogen-bond acceptors (Lipinski definition) is 8. The molecule has 9 heteroatoms. The molecule has 1 N–H and O–H groups in total. The van der Waals surface area contributed by atoms with Crippen molar-refractivity contribution in [2.24, 2.45) is 0 Å². The zero-order chi connectivity index (χ0) is 23.4. The summed E-state index contributed by atoms with van der Waals surface area (Å²) >= 11 is 1.42.